The number of rotatable bonds is 7. The molecule has 0 heterocycles. The number of anilines is 1. The first-order valence-corrected chi connectivity index (χ1v) is 9.10. The van der Waals surface area contributed by atoms with Crippen LogP contribution < -0.4 is 10.2 Å². The van der Waals surface area contributed by atoms with Gasteiger partial charge in [0, 0.05) is 22.6 Å². The van der Waals surface area contributed by atoms with Crippen molar-refractivity contribution >= 4 is 29.0 Å². The molecule has 132 valence electrons. The fourth-order valence-electron chi connectivity index (χ4n) is 2.48. The molecule has 0 aromatic heterocycles. The minimum atomic E-state index is -0.468. The number of hydrogen-bond donors (Lipinski definition) is 2. The number of carbonyl (C=O) groups is 1. The molecule has 2 rings (SSSR count). The zero-order valence-electron chi connectivity index (χ0n) is 14.5. The number of non-ortho nitro benzene ring substituents is 1. The number of nitrogens with zero attached hydrogens (tertiary/aromatic N) is 1. The molecule has 6 nitrogen and oxygen atoms in total. The zero-order chi connectivity index (χ0) is 18.4. The topological polar surface area (TPSA) is 76.7 Å². The van der Waals surface area contributed by atoms with E-state index in [1.807, 2.05) is 20.2 Å². The molecule has 1 atom stereocenters. The molecule has 0 aliphatic heterocycles. The van der Waals surface area contributed by atoms with Crippen LogP contribution in [0.2, 0.25) is 0 Å². The molecule has 0 bridgehead atoms. The van der Waals surface area contributed by atoms with Crippen molar-refractivity contribution in [1.82, 2.24) is 0 Å². The van der Waals surface area contributed by atoms with E-state index in [-0.39, 0.29) is 18.1 Å². The van der Waals surface area contributed by atoms with Crippen LogP contribution in [0.1, 0.15) is 11.1 Å². The molecule has 0 aliphatic carbocycles. The van der Waals surface area contributed by atoms with Crippen LogP contribution in [0.3, 0.4) is 0 Å². The highest BCUT2D eigenvalue weighted by Crippen LogP contribution is 2.21. The van der Waals surface area contributed by atoms with Crippen LogP contribution >= 0.6 is 11.8 Å². The predicted molar refractivity (Wildman–Crippen MR) is 100 cm³/mol. The van der Waals surface area contributed by atoms with Gasteiger partial charge in [-0.05, 0) is 30.9 Å². The van der Waals surface area contributed by atoms with Gasteiger partial charge < -0.3 is 10.2 Å². The molecule has 0 saturated heterocycles. The monoisotopic (exact) mass is 360 g/mol. The van der Waals surface area contributed by atoms with Gasteiger partial charge in [-0.2, -0.15) is 0 Å². The molecular formula is C18H22N3O3S+. The van der Waals surface area contributed by atoms with Gasteiger partial charge in [0.05, 0.1) is 17.7 Å². The number of thioether (sulfide) groups is 1. The summed E-state index contributed by atoms with van der Waals surface area (Å²) in [5.74, 6) is -0.165. The first-order chi connectivity index (χ1) is 11.9. The summed E-state index contributed by atoms with van der Waals surface area (Å²) in [7, 11) is 1.95. The van der Waals surface area contributed by atoms with E-state index in [1.54, 1.807) is 17.8 Å². The number of carbonyl (C=O) groups excluding carboxylic acids is 1. The number of aryl methyl sites for hydroxylation is 1. The molecular weight excluding hydrogens is 338 g/mol. The summed E-state index contributed by atoms with van der Waals surface area (Å²) in [6.07, 6.45) is 2.03. The van der Waals surface area contributed by atoms with Crippen LogP contribution in [0.5, 0.6) is 0 Å². The largest absolute Gasteiger partial charge is 0.326 e. The average Bonchev–Trinajstić information content (AvgIpc) is 2.57. The number of hydrogen-bond acceptors (Lipinski definition) is 4. The molecule has 0 aliphatic rings. The number of nitrogens with one attached hydrogen (secondary N) is 2. The Morgan fingerprint density at radius 3 is 2.52 bits per heavy atom. The predicted octanol–water partition coefficient (Wildman–Crippen LogP) is 2.28. The van der Waals surface area contributed by atoms with Crippen molar-refractivity contribution in [1.29, 1.82) is 0 Å². The van der Waals surface area contributed by atoms with Gasteiger partial charge in [0.1, 0.15) is 6.54 Å². The van der Waals surface area contributed by atoms with Crippen molar-refractivity contribution in [3.63, 3.8) is 0 Å². The van der Waals surface area contributed by atoms with Crippen LogP contribution in [0.15, 0.2) is 47.4 Å². The van der Waals surface area contributed by atoms with Crippen molar-refractivity contribution in [2.24, 2.45) is 0 Å². The Morgan fingerprint density at radius 1 is 1.24 bits per heavy atom. The first kappa shape index (κ1) is 19.0. The summed E-state index contributed by atoms with van der Waals surface area (Å²) in [5.41, 5.74) is 2.41. The van der Waals surface area contributed by atoms with E-state index in [0.29, 0.717) is 5.69 Å². The second-order valence-corrected chi connectivity index (χ2v) is 6.84. The van der Waals surface area contributed by atoms with Crippen molar-refractivity contribution in [3.8, 4) is 0 Å². The Bertz CT molecular complexity index is 763. The molecule has 2 aromatic rings. The fraction of sp³-hybridized carbons (Fsp3) is 0.278. The van der Waals surface area contributed by atoms with Crippen LogP contribution in [-0.4, -0.2) is 30.7 Å². The minimum absolute atomic E-state index is 0.0320. The molecule has 0 radical (unpaired) electrons. The number of amides is 1. The Labute approximate surface area is 151 Å². The van der Waals surface area contributed by atoms with Crippen molar-refractivity contribution in [3.05, 3.63) is 63.7 Å². The van der Waals surface area contributed by atoms with Crippen LogP contribution in [0.4, 0.5) is 11.4 Å². The van der Waals surface area contributed by atoms with Gasteiger partial charge >= 0.3 is 0 Å². The van der Waals surface area contributed by atoms with E-state index in [2.05, 4.69) is 29.6 Å². The number of nitro groups is 1. The van der Waals surface area contributed by atoms with Crippen LogP contribution in [-0.2, 0) is 11.3 Å². The lowest BCUT2D eigenvalue weighted by atomic mass is 10.2. The molecule has 25 heavy (non-hydrogen) atoms. The van der Waals surface area contributed by atoms with E-state index in [1.165, 1.54) is 17.0 Å². The quantitative estimate of drug-likeness (QED) is 0.451. The highest BCUT2D eigenvalue weighted by Gasteiger charge is 2.14. The van der Waals surface area contributed by atoms with Gasteiger partial charge in [-0.25, -0.2) is 0 Å². The third kappa shape index (κ3) is 5.58. The molecule has 1 amide bonds. The lowest BCUT2D eigenvalue weighted by Gasteiger charge is -2.15. The van der Waals surface area contributed by atoms with E-state index in [9.17, 15) is 14.9 Å². The summed E-state index contributed by atoms with van der Waals surface area (Å²) in [5, 5.41) is 13.6. The van der Waals surface area contributed by atoms with Gasteiger partial charge in [0.25, 0.3) is 11.6 Å². The maximum Gasteiger partial charge on any atom is 0.279 e. The van der Waals surface area contributed by atoms with Gasteiger partial charge in [0.15, 0.2) is 6.54 Å². The smallest absolute Gasteiger partial charge is 0.279 e. The lowest BCUT2D eigenvalue weighted by Crippen LogP contribution is -3.08. The van der Waals surface area contributed by atoms with Gasteiger partial charge in [0.2, 0.25) is 0 Å². The first-order valence-electron chi connectivity index (χ1n) is 7.88. The van der Waals surface area contributed by atoms with E-state index >= 15 is 0 Å². The summed E-state index contributed by atoms with van der Waals surface area (Å²) in [4.78, 5) is 24.9. The van der Waals surface area contributed by atoms with Crippen LogP contribution in [0, 0.1) is 17.0 Å². The SMILES string of the molecule is CSc1ccc(C[NH+](C)CC(=O)Nc2cc([N+](=O)[O-])ccc2C)cc1. The number of nitro benzene ring substituents is 1. The second-order valence-electron chi connectivity index (χ2n) is 5.96. The molecule has 2 N–H and O–H groups in total. The number of likely N-dealkylation sites (N-methyl/N-ethyl adjacent to an activating group) is 1. The summed E-state index contributed by atoms with van der Waals surface area (Å²) in [6.45, 7) is 2.83. The Hall–Kier alpha value is -2.38. The average molecular weight is 360 g/mol. The number of benzene rings is 2. The molecule has 0 saturated carbocycles. The highest BCUT2D eigenvalue weighted by molar-refractivity contribution is 7.98. The Morgan fingerprint density at radius 2 is 1.92 bits per heavy atom. The third-order valence-corrected chi connectivity index (χ3v) is 4.58. The fourth-order valence-corrected chi connectivity index (χ4v) is 2.89. The van der Waals surface area contributed by atoms with E-state index in [4.69, 9.17) is 0 Å². The van der Waals surface area contributed by atoms with Crippen molar-refractivity contribution < 1.29 is 14.6 Å². The molecule has 0 spiro atoms. The third-order valence-electron chi connectivity index (χ3n) is 3.83. The van der Waals surface area contributed by atoms with Crippen molar-refractivity contribution in [2.45, 2.75) is 18.4 Å². The zero-order valence-corrected chi connectivity index (χ0v) is 15.4. The summed E-state index contributed by atoms with van der Waals surface area (Å²) in [6, 6.07) is 12.7. The number of quaternary nitrogens is 1. The summed E-state index contributed by atoms with van der Waals surface area (Å²) >= 11 is 1.69. The van der Waals surface area contributed by atoms with E-state index in [0.717, 1.165) is 22.6 Å². The molecule has 1 unspecified atom stereocenters. The van der Waals surface area contributed by atoms with Gasteiger partial charge in [-0.15, -0.1) is 11.8 Å². The maximum absolute atomic E-state index is 12.2. The highest BCUT2D eigenvalue weighted by atomic mass is 32.2. The van der Waals surface area contributed by atoms with Gasteiger partial charge in [-0.1, -0.05) is 18.2 Å². The minimum Gasteiger partial charge on any atom is -0.326 e. The van der Waals surface area contributed by atoms with Gasteiger partial charge in [-0.3, -0.25) is 14.9 Å². The second kappa shape index (κ2) is 8.64. The maximum atomic E-state index is 12.2. The van der Waals surface area contributed by atoms with Crippen molar-refractivity contribution in [2.75, 3.05) is 25.2 Å². The molecule has 0 fully saturated rings. The molecule has 2 aromatic carbocycles. The normalized spacial score (nSPS) is 11.8. The Balaban J connectivity index is 1.95. The lowest BCUT2D eigenvalue weighted by molar-refractivity contribution is -0.885. The standard InChI is InChI=1S/C18H21N3O3S/c1-13-4-7-15(21(23)24)10-17(13)19-18(22)12-20(2)11-14-5-8-16(25-3)9-6-14/h4-10H,11-12H2,1-3H3,(H,19,22)/p+1. The van der Waals surface area contributed by atoms with Crippen LogP contribution in [0.25, 0.3) is 0 Å². The molecule has 7 heteroatoms. The Kier molecular flexibility index (Phi) is 6.55. The van der Waals surface area contributed by atoms with E-state index < -0.39 is 4.92 Å². The summed E-state index contributed by atoms with van der Waals surface area (Å²) < 4.78 is 0.